The number of ketones is 1. The van der Waals surface area contributed by atoms with Crippen LogP contribution in [0.3, 0.4) is 0 Å². The molecule has 0 heterocycles. The number of Topliss-reactive ketones (excluding diaryl/α,β-unsaturated/α-hetero) is 1. The third-order valence-corrected chi connectivity index (χ3v) is 7.83. The smallest absolute Gasteiger partial charge is 0.163 e. The van der Waals surface area contributed by atoms with Gasteiger partial charge in [-0.2, -0.15) is 0 Å². The fraction of sp³-hybridized carbons (Fsp3) is 0.533. The summed E-state index contributed by atoms with van der Waals surface area (Å²) in [6.45, 7) is 14.2. The van der Waals surface area contributed by atoms with Crippen molar-refractivity contribution in [3.8, 4) is 0 Å². The van der Waals surface area contributed by atoms with Crippen LogP contribution in [0.2, 0.25) is 39.3 Å². The summed E-state index contributed by atoms with van der Waals surface area (Å²) >= 11 is 0. The van der Waals surface area contributed by atoms with E-state index in [4.69, 9.17) is 0 Å². The minimum absolute atomic E-state index is 0.379. The molecule has 1 aliphatic carbocycles. The predicted molar refractivity (Wildman–Crippen MR) is 85.1 cm³/mol. The average molecular weight is 277 g/mol. The normalized spacial score (nSPS) is 16.0. The Hall–Kier alpha value is -0.676. The highest BCUT2D eigenvalue weighted by Crippen LogP contribution is 2.23. The van der Waals surface area contributed by atoms with Gasteiger partial charge in [0.2, 0.25) is 0 Å². The van der Waals surface area contributed by atoms with E-state index in [-0.39, 0.29) is 0 Å². The van der Waals surface area contributed by atoms with E-state index in [0.717, 1.165) is 18.4 Å². The van der Waals surface area contributed by atoms with Crippen molar-refractivity contribution < 1.29 is 4.79 Å². The number of rotatable bonds is 2. The maximum absolute atomic E-state index is 12.1. The third-order valence-electron chi connectivity index (χ3n) is 3.79. The van der Waals surface area contributed by atoms with Crippen molar-refractivity contribution in [2.45, 2.75) is 52.1 Å². The van der Waals surface area contributed by atoms with Crippen LogP contribution in [0.15, 0.2) is 12.1 Å². The van der Waals surface area contributed by atoms with E-state index < -0.39 is 16.1 Å². The number of fused-ring (bicyclic) bond motifs is 1. The molecule has 0 saturated carbocycles. The van der Waals surface area contributed by atoms with Gasteiger partial charge in [0.1, 0.15) is 0 Å². The molecule has 98 valence electrons. The molecule has 1 nitrogen and oxygen atoms in total. The number of aryl methyl sites for hydroxylation is 1. The molecule has 18 heavy (non-hydrogen) atoms. The first-order valence-corrected chi connectivity index (χ1v) is 13.8. The zero-order valence-electron chi connectivity index (χ0n) is 12.5. The number of hydrogen-bond acceptors (Lipinski definition) is 1. The van der Waals surface area contributed by atoms with Gasteiger partial charge in [0.15, 0.2) is 5.78 Å². The van der Waals surface area contributed by atoms with Crippen molar-refractivity contribution in [3.63, 3.8) is 0 Å². The predicted octanol–water partition coefficient (Wildman–Crippen LogP) is 2.91. The van der Waals surface area contributed by atoms with Gasteiger partial charge in [-0.05, 0) is 17.2 Å². The Morgan fingerprint density at radius 3 is 2.00 bits per heavy atom. The Balaban J connectivity index is 2.71. The first-order valence-electron chi connectivity index (χ1n) is 6.82. The van der Waals surface area contributed by atoms with E-state index in [2.05, 4.69) is 51.4 Å². The van der Waals surface area contributed by atoms with Crippen molar-refractivity contribution in [3.05, 3.63) is 23.3 Å². The molecule has 0 aromatic heterocycles. The van der Waals surface area contributed by atoms with Crippen LogP contribution in [-0.4, -0.2) is 21.9 Å². The molecule has 0 unspecified atom stereocenters. The molecule has 1 aliphatic rings. The molecule has 2 rings (SSSR count). The Kier molecular flexibility index (Phi) is 3.18. The first kappa shape index (κ1) is 13.7. The minimum atomic E-state index is -1.44. The Morgan fingerprint density at radius 2 is 1.50 bits per heavy atom. The van der Waals surface area contributed by atoms with Gasteiger partial charge >= 0.3 is 0 Å². The monoisotopic (exact) mass is 276 g/mol. The molecule has 0 amide bonds. The highest BCUT2D eigenvalue weighted by Gasteiger charge is 2.31. The summed E-state index contributed by atoms with van der Waals surface area (Å²) in [6.07, 6.45) is 1.69. The van der Waals surface area contributed by atoms with E-state index in [1.54, 1.807) is 0 Å². The molecule has 0 spiro atoms. The molecular weight excluding hydrogens is 252 g/mol. The van der Waals surface area contributed by atoms with Gasteiger partial charge in [0, 0.05) is 12.0 Å². The molecule has 0 saturated heterocycles. The van der Waals surface area contributed by atoms with Gasteiger partial charge in [0.05, 0.1) is 16.1 Å². The van der Waals surface area contributed by atoms with Crippen molar-refractivity contribution in [1.29, 1.82) is 0 Å². The quantitative estimate of drug-likeness (QED) is 0.759. The molecule has 0 fully saturated rings. The lowest BCUT2D eigenvalue weighted by atomic mass is 10.1. The Bertz CT molecular complexity index is 504. The fourth-order valence-electron chi connectivity index (χ4n) is 2.63. The largest absolute Gasteiger partial charge is 0.294 e. The number of benzene rings is 1. The summed E-state index contributed by atoms with van der Waals surface area (Å²) in [4.78, 5) is 12.1. The van der Waals surface area contributed by atoms with Gasteiger partial charge in [-0.1, -0.05) is 56.6 Å². The van der Waals surface area contributed by atoms with Gasteiger partial charge in [-0.25, -0.2) is 0 Å². The van der Waals surface area contributed by atoms with E-state index in [1.807, 2.05) is 0 Å². The molecule has 1 aromatic carbocycles. The van der Waals surface area contributed by atoms with Crippen LogP contribution < -0.4 is 10.4 Å². The fourth-order valence-corrected chi connectivity index (χ4v) is 5.59. The van der Waals surface area contributed by atoms with Crippen LogP contribution >= 0.6 is 0 Å². The summed E-state index contributed by atoms with van der Waals surface area (Å²) < 4.78 is 0. The van der Waals surface area contributed by atoms with E-state index >= 15 is 0 Å². The highest BCUT2D eigenvalue weighted by molar-refractivity contribution is 6.92. The second kappa shape index (κ2) is 4.17. The Labute approximate surface area is 113 Å². The zero-order chi connectivity index (χ0) is 13.7. The zero-order valence-corrected chi connectivity index (χ0v) is 14.5. The number of carbonyl (C=O) groups excluding carboxylic acids is 1. The summed E-state index contributed by atoms with van der Waals surface area (Å²) in [6, 6.07) is 4.70. The van der Waals surface area contributed by atoms with Crippen LogP contribution in [0, 0.1) is 0 Å². The summed E-state index contributed by atoms with van der Waals surface area (Å²) in [5, 5.41) is 2.92. The first-order chi connectivity index (χ1) is 8.10. The molecule has 0 atom stereocenters. The standard InChI is InChI=1S/C15H24OSi2/c1-17(2,3)12-9-11-7-8-13(16)15(11)14(10-12)18(4,5)6/h9-10H,7-8H2,1-6H3. The number of carbonyl (C=O) groups is 1. The van der Waals surface area contributed by atoms with Crippen LogP contribution in [0.25, 0.3) is 0 Å². The lowest BCUT2D eigenvalue weighted by molar-refractivity contribution is 0.0995. The SMILES string of the molecule is C[Si](C)(C)c1cc2c(c([Si](C)(C)C)c1)C(=O)CC2. The van der Waals surface area contributed by atoms with Crippen molar-refractivity contribution in [1.82, 2.24) is 0 Å². The maximum atomic E-state index is 12.1. The molecule has 0 bridgehead atoms. The highest BCUT2D eigenvalue weighted by atomic mass is 28.3. The van der Waals surface area contributed by atoms with Gasteiger partial charge < -0.3 is 0 Å². The van der Waals surface area contributed by atoms with Gasteiger partial charge in [-0.3, -0.25) is 4.79 Å². The maximum Gasteiger partial charge on any atom is 0.163 e. The van der Waals surface area contributed by atoms with Crippen molar-refractivity contribution in [2.75, 3.05) is 0 Å². The van der Waals surface area contributed by atoms with Crippen LogP contribution in [0.4, 0.5) is 0 Å². The summed E-state index contributed by atoms with van der Waals surface area (Å²) in [5.74, 6) is 0.379. The van der Waals surface area contributed by atoms with E-state index in [1.165, 1.54) is 15.9 Å². The molecule has 0 aliphatic heterocycles. The van der Waals surface area contributed by atoms with E-state index in [9.17, 15) is 4.79 Å². The lowest BCUT2D eigenvalue weighted by Crippen LogP contribution is -2.47. The van der Waals surface area contributed by atoms with Gasteiger partial charge in [-0.15, -0.1) is 0 Å². The summed E-state index contributed by atoms with van der Waals surface area (Å²) in [5.41, 5.74) is 2.42. The third kappa shape index (κ3) is 2.38. The van der Waals surface area contributed by atoms with Crippen molar-refractivity contribution in [2.24, 2.45) is 0 Å². The molecular formula is C15H24OSi2. The molecule has 1 aromatic rings. The van der Waals surface area contributed by atoms with E-state index in [0.29, 0.717) is 5.78 Å². The lowest BCUT2D eigenvalue weighted by Gasteiger charge is -2.25. The average Bonchev–Trinajstić information content (AvgIpc) is 2.56. The van der Waals surface area contributed by atoms with Gasteiger partial charge in [0.25, 0.3) is 0 Å². The van der Waals surface area contributed by atoms with Crippen molar-refractivity contribution >= 4 is 32.3 Å². The number of hydrogen-bond donors (Lipinski definition) is 0. The van der Waals surface area contributed by atoms with Crippen LogP contribution in [-0.2, 0) is 6.42 Å². The Morgan fingerprint density at radius 1 is 0.889 bits per heavy atom. The van der Waals surface area contributed by atoms with Crippen LogP contribution in [0.1, 0.15) is 22.3 Å². The minimum Gasteiger partial charge on any atom is -0.294 e. The second-order valence-corrected chi connectivity index (χ2v) is 17.6. The molecule has 3 heteroatoms. The molecule has 0 N–H and O–H groups in total. The molecule has 0 radical (unpaired) electrons. The topological polar surface area (TPSA) is 17.1 Å². The second-order valence-electron chi connectivity index (χ2n) is 7.48. The van der Waals surface area contributed by atoms with Crippen LogP contribution in [0.5, 0.6) is 0 Å². The summed E-state index contributed by atoms with van der Waals surface area (Å²) in [7, 11) is -2.74.